The fraction of sp³-hybridized carbons (Fsp3) is 0.280. The van der Waals surface area contributed by atoms with Gasteiger partial charge in [-0.25, -0.2) is 0 Å². The first-order valence-corrected chi connectivity index (χ1v) is 10.6. The monoisotopic (exact) mass is 418 g/mol. The zero-order valence-corrected chi connectivity index (χ0v) is 18.5. The zero-order chi connectivity index (χ0) is 22.4. The van der Waals surface area contributed by atoms with Crippen molar-refractivity contribution < 1.29 is 9.59 Å². The number of carbonyl (C=O) groups excluding carboxylic acids is 2. The van der Waals surface area contributed by atoms with Crippen molar-refractivity contribution in [2.24, 2.45) is 0 Å². The first-order valence-electron chi connectivity index (χ1n) is 10.6. The zero-order valence-electron chi connectivity index (χ0n) is 18.5. The Hall–Kier alpha value is -3.22. The third-order valence-corrected chi connectivity index (χ3v) is 5.33. The second kappa shape index (κ2) is 10.2. The molecule has 162 valence electrons. The summed E-state index contributed by atoms with van der Waals surface area (Å²) in [6.07, 6.45) is 5.74. The molecule has 31 heavy (non-hydrogen) atoms. The first-order chi connectivity index (χ1) is 15.0. The fourth-order valence-corrected chi connectivity index (χ4v) is 3.45. The van der Waals surface area contributed by atoms with Crippen LogP contribution in [0.2, 0.25) is 0 Å². The quantitative estimate of drug-likeness (QED) is 0.448. The lowest BCUT2D eigenvalue weighted by atomic mass is 10.1. The fourth-order valence-electron chi connectivity index (χ4n) is 3.45. The molecule has 2 atom stereocenters. The van der Waals surface area contributed by atoms with Crippen molar-refractivity contribution in [3.63, 3.8) is 0 Å². The van der Waals surface area contributed by atoms with Gasteiger partial charge in [-0.2, -0.15) is 0 Å². The third kappa shape index (κ3) is 5.10. The van der Waals surface area contributed by atoms with Crippen LogP contribution in [0.4, 0.5) is 0 Å². The first kappa shape index (κ1) is 22.5. The highest BCUT2D eigenvalue weighted by atomic mass is 16.1. The second-order valence-electron chi connectivity index (χ2n) is 7.49. The number of nitrogens with one attached hydrogen (secondary N) is 2. The van der Waals surface area contributed by atoms with Crippen molar-refractivity contribution >= 4 is 22.6 Å². The van der Waals surface area contributed by atoms with Crippen LogP contribution in [-0.4, -0.2) is 46.0 Å². The van der Waals surface area contributed by atoms with E-state index >= 15 is 0 Å². The van der Waals surface area contributed by atoms with Crippen LogP contribution in [0, 0.1) is 0 Å². The van der Waals surface area contributed by atoms with Crippen LogP contribution < -0.4 is 10.6 Å². The van der Waals surface area contributed by atoms with Gasteiger partial charge in [0.15, 0.2) is 11.6 Å². The van der Waals surface area contributed by atoms with Crippen molar-refractivity contribution in [3.05, 3.63) is 84.4 Å². The van der Waals surface area contributed by atoms with Crippen molar-refractivity contribution in [2.75, 3.05) is 13.6 Å². The summed E-state index contributed by atoms with van der Waals surface area (Å²) in [5.74, 6) is 0.259. The molecule has 0 aromatic carbocycles. The van der Waals surface area contributed by atoms with Crippen LogP contribution in [0.3, 0.4) is 0 Å². The van der Waals surface area contributed by atoms with E-state index in [-0.39, 0.29) is 23.7 Å². The number of pyridine rings is 2. The molecule has 2 unspecified atom stereocenters. The number of Topliss-reactive ketones (excluding diaryl/α,β-unsaturated/α-hetero) is 2. The molecule has 2 N–H and O–H groups in total. The van der Waals surface area contributed by atoms with Gasteiger partial charge in [-0.15, -0.1) is 0 Å². The Labute approximate surface area is 182 Å². The summed E-state index contributed by atoms with van der Waals surface area (Å²) in [5, 5.41) is 6.08. The van der Waals surface area contributed by atoms with Gasteiger partial charge >= 0.3 is 0 Å². The summed E-state index contributed by atoms with van der Waals surface area (Å²) in [7, 11) is 1.79. The molecule has 0 aliphatic rings. The summed E-state index contributed by atoms with van der Waals surface area (Å²) in [4.78, 5) is 24.0. The standard InChI is InChI=1S/C13H16N2O.C12H14N2O/c1-3-14-10(2)13(16)11-8-12-6-4-5-7-15(12)9-11;1-9(13-2)12(15)11-7-6-10-5-3-4-8-14(10)11/h4-10,14H,3H2,1-2H3;3-9,13H,1-2H3. The summed E-state index contributed by atoms with van der Waals surface area (Å²) in [6, 6.07) is 17.3. The van der Waals surface area contributed by atoms with E-state index in [1.165, 1.54) is 0 Å². The molecule has 0 spiro atoms. The Bertz CT molecular complexity index is 1140. The van der Waals surface area contributed by atoms with Gasteiger partial charge < -0.3 is 19.4 Å². The molecular formula is C25H30N4O2. The summed E-state index contributed by atoms with van der Waals surface area (Å²) < 4.78 is 3.88. The molecule has 0 aliphatic heterocycles. The van der Waals surface area contributed by atoms with Gasteiger partial charge in [0, 0.05) is 35.2 Å². The molecule has 4 aromatic heterocycles. The number of likely N-dealkylation sites (N-methyl/N-ethyl adjacent to an activating group) is 2. The predicted molar refractivity (Wildman–Crippen MR) is 125 cm³/mol. The Morgan fingerprint density at radius 1 is 0.903 bits per heavy atom. The highest BCUT2D eigenvalue weighted by molar-refractivity contribution is 6.01. The normalized spacial score (nSPS) is 12.9. The SMILES string of the molecule is CCNC(C)C(=O)c1cc2ccccn2c1.CNC(C)C(=O)c1ccc2ccccn12. The van der Waals surface area contributed by atoms with Crippen molar-refractivity contribution in [1.82, 2.24) is 19.4 Å². The molecule has 6 heteroatoms. The van der Waals surface area contributed by atoms with Gasteiger partial charge in [-0.1, -0.05) is 19.1 Å². The average Bonchev–Trinajstić information content (AvgIpc) is 3.42. The number of hydrogen-bond acceptors (Lipinski definition) is 4. The number of ketones is 2. The Balaban J connectivity index is 0.000000176. The lowest BCUT2D eigenvalue weighted by Crippen LogP contribution is -2.33. The van der Waals surface area contributed by atoms with E-state index in [1.54, 1.807) is 7.05 Å². The van der Waals surface area contributed by atoms with E-state index in [0.717, 1.165) is 28.8 Å². The van der Waals surface area contributed by atoms with Gasteiger partial charge in [0.25, 0.3) is 0 Å². The lowest BCUT2D eigenvalue weighted by molar-refractivity contribution is 0.0943. The molecule has 0 saturated carbocycles. The van der Waals surface area contributed by atoms with Crippen LogP contribution in [-0.2, 0) is 0 Å². The third-order valence-electron chi connectivity index (χ3n) is 5.33. The minimum atomic E-state index is -0.150. The van der Waals surface area contributed by atoms with E-state index in [2.05, 4.69) is 10.6 Å². The van der Waals surface area contributed by atoms with E-state index < -0.39 is 0 Å². The maximum absolute atomic E-state index is 12.0. The molecular weight excluding hydrogens is 388 g/mol. The molecule has 0 saturated heterocycles. The molecule has 0 aliphatic carbocycles. The number of fused-ring (bicyclic) bond motifs is 2. The van der Waals surface area contributed by atoms with E-state index in [4.69, 9.17) is 0 Å². The second-order valence-corrected chi connectivity index (χ2v) is 7.49. The Morgan fingerprint density at radius 2 is 1.61 bits per heavy atom. The molecule has 0 bridgehead atoms. The van der Waals surface area contributed by atoms with Crippen molar-refractivity contribution in [2.45, 2.75) is 32.9 Å². The van der Waals surface area contributed by atoms with Crippen molar-refractivity contribution in [1.29, 1.82) is 0 Å². The number of hydrogen-bond donors (Lipinski definition) is 2. The summed E-state index contributed by atoms with van der Waals surface area (Å²) in [5.41, 5.74) is 3.59. The van der Waals surface area contributed by atoms with E-state index in [0.29, 0.717) is 0 Å². The van der Waals surface area contributed by atoms with Crippen LogP contribution >= 0.6 is 0 Å². The molecule has 0 fully saturated rings. The van der Waals surface area contributed by atoms with Crippen LogP contribution in [0.5, 0.6) is 0 Å². The van der Waals surface area contributed by atoms with E-state index in [9.17, 15) is 9.59 Å². The topological polar surface area (TPSA) is 67.0 Å². The minimum absolute atomic E-state index is 0.115. The van der Waals surface area contributed by atoms with Gasteiger partial charge in [-0.05, 0) is 69.9 Å². The maximum atomic E-state index is 12.0. The number of rotatable bonds is 7. The van der Waals surface area contributed by atoms with Crippen molar-refractivity contribution in [3.8, 4) is 0 Å². The number of nitrogens with zero attached hydrogens (tertiary/aromatic N) is 2. The van der Waals surface area contributed by atoms with Gasteiger partial charge in [0.05, 0.1) is 17.8 Å². The Morgan fingerprint density at radius 3 is 2.29 bits per heavy atom. The van der Waals surface area contributed by atoms with Crippen LogP contribution in [0.25, 0.3) is 11.0 Å². The van der Waals surface area contributed by atoms with Gasteiger partial charge in [0.2, 0.25) is 0 Å². The van der Waals surface area contributed by atoms with Gasteiger partial charge in [0.1, 0.15) is 0 Å². The smallest absolute Gasteiger partial charge is 0.196 e. The van der Waals surface area contributed by atoms with E-state index in [1.807, 2.05) is 103 Å². The van der Waals surface area contributed by atoms with Crippen LogP contribution in [0.1, 0.15) is 41.6 Å². The highest BCUT2D eigenvalue weighted by Gasteiger charge is 2.16. The molecule has 4 heterocycles. The molecule has 0 amide bonds. The maximum Gasteiger partial charge on any atom is 0.196 e. The minimum Gasteiger partial charge on any atom is -0.323 e. The molecule has 4 rings (SSSR count). The summed E-state index contributed by atoms with van der Waals surface area (Å²) >= 11 is 0. The molecule has 0 radical (unpaired) electrons. The average molecular weight is 419 g/mol. The Kier molecular flexibility index (Phi) is 7.39. The predicted octanol–water partition coefficient (Wildman–Crippen LogP) is 3.85. The molecule has 6 nitrogen and oxygen atoms in total. The summed E-state index contributed by atoms with van der Waals surface area (Å²) in [6.45, 7) is 6.57. The highest BCUT2D eigenvalue weighted by Crippen LogP contribution is 2.12. The lowest BCUT2D eigenvalue weighted by Gasteiger charge is -2.08. The molecule has 4 aromatic rings. The number of carbonyl (C=O) groups is 2. The van der Waals surface area contributed by atoms with Gasteiger partial charge in [-0.3, -0.25) is 9.59 Å². The number of aromatic nitrogens is 2. The van der Waals surface area contributed by atoms with Crippen LogP contribution in [0.15, 0.2) is 73.2 Å². The largest absolute Gasteiger partial charge is 0.323 e.